The third kappa shape index (κ3) is 5.36. The minimum atomic E-state index is -0.107. The fourth-order valence-electron chi connectivity index (χ4n) is 4.71. The lowest BCUT2D eigenvalue weighted by Crippen LogP contribution is -2.25. The van der Waals surface area contributed by atoms with Crippen LogP contribution in [0.25, 0.3) is 22.5 Å². The van der Waals surface area contributed by atoms with Crippen LogP contribution in [-0.2, 0) is 0 Å². The number of aryl methyl sites for hydroxylation is 3. The molecule has 186 valence electrons. The lowest BCUT2D eigenvalue weighted by atomic mass is 9.97. The summed E-state index contributed by atoms with van der Waals surface area (Å²) >= 11 is 0. The van der Waals surface area contributed by atoms with Gasteiger partial charge in [0.15, 0.2) is 5.76 Å². The lowest BCUT2D eigenvalue weighted by molar-refractivity contribution is 0.238. The second kappa shape index (κ2) is 10.4. The summed E-state index contributed by atoms with van der Waals surface area (Å²) in [6.07, 6.45) is 5.94. The molecule has 1 fully saturated rings. The van der Waals surface area contributed by atoms with Gasteiger partial charge in [0.1, 0.15) is 12.4 Å². The first-order chi connectivity index (χ1) is 17.5. The average Bonchev–Trinajstić information content (AvgIpc) is 3.53. The number of H-pyrrole nitrogens is 1. The van der Waals surface area contributed by atoms with Gasteiger partial charge in [0.05, 0.1) is 6.20 Å². The monoisotopic (exact) mass is 484 g/mol. The molecule has 36 heavy (non-hydrogen) atoms. The topological polar surface area (TPSA) is 83.4 Å². The number of pyridine rings is 1. The molecule has 5 rings (SSSR count). The molecule has 0 atom stereocenters. The van der Waals surface area contributed by atoms with Crippen LogP contribution in [0, 0.1) is 20.8 Å². The van der Waals surface area contributed by atoms with Crippen molar-refractivity contribution in [1.82, 2.24) is 14.9 Å². The van der Waals surface area contributed by atoms with Crippen LogP contribution in [0.2, 0.25) is 0 Å². The zero-order valence-corrected chi connectivity index (χ0v) is 21.1. The minimum Gasteiger partial charge on any atom is -0.492 e. The van der Waals surface area contributed by atoms with Crippen LogP contribution in [-0.4, -0.2) is 41.1 Å². The molecule has 2 aromatic heterocycles. The van der Waals surface area contributed by atoms with E-state index in [0.717, 1.165) is 45.8 Å². The number of ether oxygens (including phenoxy) is 1. The number of hydrogen-bond donors (Lipinski definition) is 2. The van der Waals surface area contributed by atoms with Gasteiger partial charge in [-0.15, -0.1) is 0 Å². The third-order valence-corrected chi connectivity index (χ3v) is 6.65. The maximum atomic E-state index is 12.5. The van der Waals surface area contributed by atoms with E-state index in [1.807, 2.05) is 63.2 Å². The molecule has 1 aliphatic rings. The highest BCUT2D eigenvalue weighted by Gasteiger charge is 2.14. The zero-order valence-electron chi connectivity index (χ0n) is 21.1. The number of anilines is 2. The van der Waals surface area contributed by atoms with Crippen LogP contribution >= 0.6 is 0 Å². The number of rotatable bonds is 8. The summed E-state index contributed by atoms with van der Waals surface area (Å²) < 4.78 is 12.1. The standard InChI is InChI=1S/C29H32N4O3/c1-19-14-22(16-23(15-19)27-21(3)8-9-30-28(27)34)26-18-31-29(36-26)32-25-17-24(7-6-20(25)2)35-13-12-33-10-4-5-11-33/h6-9,14-18H,4-5,10-13H2,1-3H3,(H,30,34)(H,31,32). The number of aromatic amines is 1. The normalized spacial score (nSPS) is 13.8. The van der Waals surface area contributed by atoms with Crippen LogP contribution in [0.3, 0.4) is 0 Å². The second-order valence-electron chi connectivity index (χ2n) is 9.48. The third-order valence-electron chi connectivity index (χ3n) is 6.65. The molecule has 0 radical (unpaired) electrons. The van der Waals surface area contributed by atoms with Crippen LogP contribution in [0.4, 0.5) is 11.7 Å². The summed E-state index contributed by atoms with van der Waals surface area (Å²) in [7, 11) is 0. The van der Waals surface area contributed by atoms with Gasteiger partial charge in [-0.25, -0.2) is 4.98 Å². The number of benzene rings is 2. The minimum absolute atomic E-state index is 0.107. The second-order valence-corrected chi connectivity index (χ2v) is 9.48. The molecular weight excluding hydrogens is 452 g/mol. The van der Waals surface area contributed by atoms with Crippen molar-refractivity contribution < 1.29 is 9.15 Å². The molecule has 0 amide bonds. The van der Waals surface area contributed by atoms with Gasteiger partial charge >= 0.3 is 0 Å². The highest BCUT2D eigenvalue weighted by Crippen LogP contribution is 2.31. The van der Waals surface area contributed by atoms with Crippen molar-refractivity contribution in [3.8, 4) is 28.2 Å². The van der Waals surface area contributed by atoms with Gasteiger partial charge in [-0.3, -0.25) is 9.69 Å². The first-order valence-corrected chi connectivity index (χ1v) is 12.5. The maximum absolute atomic E-state index is 12.5. The largest absolute Gasteiger partial charge is 0.492 e. The predicted octanol–water partition coefficient (Wildman–Crippen LogP) is 5.84. The molecule has 2 N–H and O–H groups in total. The molecule has 4 aromatic rings. The average molecular weight is 485 g/mol. The van der Waals surface area contributed by atoms with E-state index in [9.17, 15) is 4.79 Å². The van der Waals surface area contributed by atoms with E-state index in [2.05, 4.69) is 20.2 Å². The van der Waals surface area contributed by atoms with Crippen molar-refractivity contribution in [2.45, 2.75) is 33.6 Å². The Hall–Kier alpha value is -3.84. The molecule has 0 spiro atoms. The number of oxazole rings is 1. The molecule has 0 saturated carbocycles. The van der Waals surface area contributed by atoms with E-state index >= 15 is 0 Å². The van der Waals surface area contributed by atoms with E-state index in [4.69, 9.17) is 9.15 Å². The number of likely N-dealkylation sites (tertiary alicyclic amines) is 1. The van der Waals surface area contributed by atoms with Crippen molar-refractivity contribution in [2.75, 3.05) is 31.6 Å². The van der Waals surface area contributed by atoms with Crippen molar-refractivity contribution in [1.29, 1.82) is 0 Å². The number of nitrogens with one attached hydrogen (secondary N) is 2. The van der Waals surface area contributed by atoms with Crippen molar-refractivity contribution in [2.24, 2.45) is 0 Å². The first-order valence-electron chi connectivity index (χ1n) is 12.5. The predicted molar refractivity (Wildman–Crippen MR) is 143 cm³/mol. The van der Waals surface area contributed by atoms with Gasteiger partial charge in [0.25, 0.3) is 11.6 Å². The van der Waals surface area contributed by atoms with Gasteiger partial charge < -0.3 is 19.5 Å². The molecule has 7 heteroatoms. The smallest absolute Gasteiger partial charge is 0.299 e. The Balaban J connectivity index is 1.33. The van der Waals surface area contributed by atoms with Crippen molar-refractivity contribution in [3.05, 3.63) is 81.9 Å². The summed E-state index contributed by atoms with van der Waals surface area (Å²) in [5.41, 5.74) is 6.19. The molecule has 3 heterocycles. The summed E-state index contributed by atoms with van der Waals surface area (Å²) in [6.45, 7) is 9.94. The zero-order chi connectivity index (χ0) is 25.1. The Kier molecular flexibility index (Phi) is 6.91. The van der Waals surface area contributed by atoms with Crippen LogP contribution in [0.1, 0.15) is 29.5 Å². The fraction of sp³-hybridized carbons (Fsp3) is 0.310. The summed E-state index contributed by atoms with van der Waals surface area (Å²) in [5, 5.41) is 3.29. The molecule has 0 unspecified atom stereocenters. The Morgan fingerprint density at radius 2 is 1.83 bits per heavy atom. The Bertz CT molecular complexity index is 1420. The highest BCUT2D eigenvalue weighted by atomic mass is 16.5. The molecular formula is C29H32N4O3. The number of hydrogen-bond acceptors (Lipinski definition) is 6. The molecule has 7 nitrogen and oxygen atoms in total. The van der Waals surface area contributed by atoms with Crippen LogP contribution < -0.4 is 15.6 Å². The van der Waals surface area contributed by atoms with Gasteiger partial charge in [-0.05, 0) is 93.2 Å². The highest BCUT2D eigenvalue weighted by molar-refractivity contribution is 5.73. The van der Waals surface area contributed by atoms with E-state index in [-0.39, 0.29) is 5.56 Å². The van der Waals surface area contributed by atoms with Crippen LogP contribution in [0.5, 0.6) is 5.75 Å². The van der Waals surface area contributed by atoms with E-state index in [0.29, 0.717) is 23.9 Å². The summed E-state index contributed by atoms with van der Waals surface area (Å²) in [5.74, 6) is 1.45. The Morgan fingerprint density at radius 3 is 2.64 bits per heavy atom. The summed E-state index contributed by atoms with van der Waals surface area (Å²) in [4.78, 5) is 22.1. The molecule has 0 bridgehead atoms. The Morgan fingerprint density at radius 1 is 1.03 bits per heavy atom. The van der Waals surface area contributed by atoms with E-state index in [1.165, 1.54) is 25.9 Å². The van der Waals surface area contributed by atoms with Crippen molar-refractivity contribution >= 4 is 11.7 Å². The lowest BCUT2D eigenvalue weighted by Gasteiger charge is -2.15. The number of aromatic nitrogens is 2. The number of nitrogens with zero attached hydrogens (tertiary/aromatic N) is 2. The van der Waals surface area contributed by atoms with Gasteiger partial charge in [0.2, 0.25) is 0 Å². The fourth-order valence-corrected chi connectivity index (χ4v) is 4.71. The van der Waals surface area contributed by atoms with Gasteiger partial charge in [0, 0.05) is 35.6 Å². The van der Waals surface area contributed by atoms with Crippen molar-refractivity contribution in [3.63, 3.8) is 0 Å². The Labute approximate surface area is 211 Å². The van der Waals surface area contributed by atoms with E-state index in [1.54, 1.807) is 12.4 Å². The molecule has 1 aliphatic heterocycles. The quantitative estimate of drug-likeness (QED) is 0.327. The van der Waals surface area contributed by atoms with Gasteiger partial charge in [-0.1, -0.05) is 12.1 Å². The molecule has 0 aliphatic carbocycles. The molecule has 2 aromatic carbocycles. The maximum Gasteiger partial charge on any atom is 0.299 e. The van der Waals surface area contributed by atoms with Crippen LogP contribution in [0.15, 0.2) is 64.1 Å². The SMILES string of the molecule is Cc1cc(-c2cnc(Nc3cc(OCCN4CCCC4)ccc3C)o2)cc(-c2c(C)cc[nH]c2=O)c1. The van der Waals surface area contributed by atoms with E-state index < -0.39 is 0 Å². The molecule has 1 saturated heterocycles. The first kappa shape index (κ1) is 23.9. The van der Waals surface area contributed by atoms with Gasteiger partial charge in [-0.2, -0.15) is 0 Å². The summed E-state index contributed by atoms with van der Waals surface area (Å²) in [6, 6.07) is 14.3.